The summed E-state index contributed by atoms with van der Waals surface area (Å²) in [5.74, 6) is 0. The molecule has 54 valence electrons. The zero-order valence-electron chi connectivity index (χ0n) is 4.98. The zero-order chi connectivity index (χ0) is 7.98. The van der Waals surface area contributed by atoms with E-state index in [1.165, 1.54) is 0 Å². The normalized spacial score (nSPS) is 9.60. The average Bonchev–Trinajstić information content (AvgIpc) is 1.87. The number of hydrogen-bond donors (Lipinski definition) is 1. The highest BCUT2D eigenvalue weighted by Crippen LogP contribution is 1.88. The molecule has 0 bridgehead atoms. The van der Waals surface area contributed by atoms with Crippen LogP contribution in [0.5, 0.6) is 0 Å². The Morgan fingerprint density at radius 2 is 2.30 bits per heavy atom. The van der Waals surface area contributed by atoms with Gasteiger partial charge in [0.25, 0.3) is 11.0 Å². The van der Waals surface area contributed by atoms with E-state index in [2.05, 4.69) is 10.8 Å². The third-order valence-electron chi connectivity index (χ3n) is 0.560. The molecular formula is C5H5NO3S. The van der Waals surface area contributed by atoms with Crippen LogP contribution in [-0.2, 0) is 15.2 Å². The molecule has 0 rings (SSSR count). The third-order valence-corrected chi connectivity index (χ3v) is 0.854. The van der Waals surface area contributed by atoms with E-state index in [0.717, 1.165) is 12.3 Å². The lowest BCUT2D eigenvalue weighted by molar-refractivity contribution is 0.466. The Balaban J connectivity index is 3.81. The molecule has 0 aromatic rings. The van der Waals surface area contributed by atoms with Gasteiger partial charge in [0.05, 0.1) is 6.07 Å². The molecule has 4 nitrogen and oxygen atoms in total. The number of nitriles is 1. The topological polar surface area (TPSA) is 67.2 Å². The van der Waals surface area contributed by atoms with Gasteiger partial charge in [-0.1, -0.05) is 6.58 Å². The van der Waals surface area contributed by atoms with Crippen LogP contribution in [-0.4, -0.2) is 8.42 Å². The fraction of sp³-hybridized carbons (Fsp3) is 0. The first-order valence-corrected chi connectivity index (χ1v) is 3.33. The van der Waals surface area contributed by atoms with E-state index >= 15 is 0 Å². The van der Waals surface area contributed by atoms with E-state index < -0.39 is 11.0 Å². The van der Waals surface area contributed by atoms with Crippen LogP contribution in [0.25, 0.3) is 0 Å². The summed E-state index contributed by atoms with van der Waals surface area (Å²) < 4.78 is 23.4. The number of nitrogens with zero attached hydrogens (tertiary/aromatic N) is 1. The van der Waals surface area contributed by atoms with Crippen LogP contribution in [0, 0.1) is 11.3 Å². The van der Waals surface area contributed by atoms with Gasteiger partial charge in [0.1, 0.15) is 6.26 Å². The third kappa shape index (κ3) is 4.87. The van der Waals surface area contributed by atoms with E-state index in [9.17, 15) is 8.42 Å². The molecule has 0 N–H and O–H groups in total. The predicted molar refractivity (Wildman–Crippen MR) is 35.3 cm³/mol. The molecule has 0 heterocycles. The van der Waals surface area contributed by atoms with Gasteiger partial charge in [0.2, 0.25) is 0 Å². The van der Waals surface area contributed by atoms with Crippen molar-refractivity contribution in [1.82, 2.24) is 0 Å². The summed E-state index contributed by atoms with van der Waals surface area (Å²) in [4.78, 5) is 0. The monoisotopic (exact) mass is 159 g/mol. The van der Waals surface area contributed by atoms with Crippen LogP contribution >= 0.6 is 0 Å². The number of thiol groups is 1. The molecule has 0 fully saturated rings. The van der Waals surface area contributed by atoms with Gasteiger partial charge in [0, 0.05) is 5.57 Å². The number of hydrogen-bond acceptors (Lipinski definition) is 4. The molecule has 0 aromatic carbocycles. The standard InChI is InChI=1S/C5H5NO3S/c1-5(4-6)2-3-9-10(7)8/h2-3,10H,1H2. The quantitative estimate of drug-likeness (QED) is 0.275. The fourth-order valence-corrected chi connectivity index (χ4v) is 0.360. The molecule has 0 unspecified atom stereocenters. The van der Waals surface area contributed by atoms with Crippen LogP contribution in [0.2, 0.25) is 0 Å². The summed E-state index contributed by atoms with van der Waals surface area (Å²) in [6, 6.07) is 1.68. The van der Waals surface area contributed by atoms with Crippen LogP contribution in [0.3, 0.4) is 0 Å². The highest BCUT2D eigenvalue weighted by molar-refractivity contribution is 7.67. The Morgan fingerprint density at radius 3 is 2.70 bits per heavy atom. The van der Waals surface area contributed by atoms with Crippen molar-refractivity contribution in [3.63, 3.8) is 0 Å². The summed E-state index contributed by atoms with van der Waals surface area (Å²) in [7, 11) is -2.87. The maximum absolute atomic E-state index is 9.72. The second-order valence-electron chi connectivity index (χ2n) is 1.27. The van der Waals surface area contributed by atoms with Crippen molar-refractivity contribution in [3.05, 3.63) is 24.5 Å². The SMILES string of the molecule is C=C(C#N)C=CO[SH](=O)=O. The lowest BCUT2D eigenvalue weighted by atomic mass is 10.3. The Kier molecular flexibility index (Phi) is 4.00. The first-order valence-electron chi connectivity index (χ1n) is 2.23. The van der Waals surface area contributed by atoms with Crippen LogP contribution in [0.15, 0.2) is 24.5 Å². The Bertz CT molecular complexity index is 251. The molecule has 0 amide bonds. The summed E-state index contributed by atoms with van der Waals surface area (Å²) in [6.45, 7) is 3.25. The minimum absolute atomic E-state index is 0.136. The summed E-state index contributed by atoms with van der Waals surface area (Å²) in [5.41, 5.74) is 0.136. The number of allylic oxidation sites excluding steroid dienone is 2. The van der Waals surface area contributed by atoms with Gasteiger partial charge in [-0.2, -0.15) is 13.7 Å². The predicted octanol–water partition coefficient (Wildman–Crippen LogP) is 0.123. The largest absolute Gasteiger partial charge is 0.392 e. The maximum atomic E-state index is 9.72. The first-order chi connectivity index (χ1) is 4.66. The molecule has 0 saturated heterocycles. The smallest absolute Gasteiger partial charge is 0.298 e. The molecule has 0 spiro atoms. The van der Waals surface area contributed by atoms with Crippen LogP contribution < -0.4 is 0 Å². The Labute approximate surface area is 60.2 Å². The maximum Gasteiger partial charge on any atom is 0.298 e. The minimum Gasteiger partial charge on any atom is -0.392 e. The van der Waals surface area contributed by atoms with E-state index in [4.69, 9.17) is 5.26 Å². The molecule has 0 saturated carbocycles. The van der Waals surface area contributed by atoms with E-state index in [1.54, 1.807) is 6.07 Å². The summed E-state index contributed by atoms with van der Waals surface area (Å²) in [5, 5.41) is 8.09. The van der Waals surface area contributed by atoms with Gasteiger partial charge in [-0.15, -0.1) is 0 Å². The van der Waals surface area contributed by atoms with Crippen molar-refractivity contribution in [3.8, 4) is 6.07 Å². The molecule has 0 radical (unpaired) electrons. The van der Waals surface area contributed by atoms with Gasteiger partial charge in [-0.25, -0.2) is 0 Å². The first kappa shape index (κ1) is 8.72. The molecule has 0 aromatic heterocycles. The van der Waals surface area contributed by atoms with E-state index in [1.807, 2.05) is 0 Å². The molecule has 0 aliphatic carbocycles. The average molecular weight is 159 g/mol. The Morgan fingerprint density at radius 1 is 1.70 bits per heavy atom. The van der Waals surface area contributed by atoms with Crippen molar-refractivity contribution in [2.45, 2.75) is 0 Å². The molecule has 0 aliphatic heterocycles. The molecule has 0 aliphatic rings. The molecule has 10 heavy (non-hydrogen) atoms. The highest BCUT2D eigenvalue weighted by Gasteiger charge is 1.80. The van der Waals surface area contributed by atoms with Gasteiger partial charge in [-0.3, -0.25) is 0 Å². The van der Waals surface area contributed by atoms with Crippen molar-refractivity contribution in [2.75, 3.05) is 0 Å². The van der Waals surface area contributed by atoms with Gasteiger partial charge < -0.3 is 4.18 Å². The van der Waals surface area contributed by atoms with E-state index in [-0.39, 0.29) is 5.57 Å². The lowest BCUT2D eigenvalue weighted by Crippen LogP contribution is -1.75. The summed E-state index contributed by atoms with van der Waals surface area (Å²) >= 11 is 0. The number of rotatable bonds is 3. The Hall–Kier alpha value is -1.28. The van der Waals surface area contributed by atoms with Gasteiger partial charge >= 0.3 is 0 Å². The van der Waals surface area contributed by atoms with Crippen LogP contribution in [0.1, 0.15) is 0 Å². The van der Waals surface area contributed by atoms with Crippen molar-refractivity contribution in [1.29, 1.82) is 5.26 Å². The van der Waals surface area contributed by atoms with Gasteiger partial charge in [0.15, 0.2) is 0 Å². The van der Waals surface area contributed by atoms with Gasteiger partial charge in [-0.05, 0) is 6.08 Å². The minimum atomic E-state index is -2.87. The zero-order valence-corrected chi connectivity index (χ0v) is 5.88. The fourth-order valence-electron chi connectivity index (χ4n) is 0.200. The molecular weight excluding hydrogens is 154 g/mol. The van der Waals surface area contributed by atoms with Crippen molar-refractivity contribution < 1.29 is 12.6 Å². The lowest BCUT2D eigenvalue weighted by Gasteiger charge is -1.82. The van der Waals surface area contributed by atoms with Crippen LogP contribution in [0.4, 0.5) is 0 Å². The molecule has 5 heteroatoms. The van der Waals surface area contributed by atoms with Crippen molar-refractivity contribution in [2.24, 2.45) is 0 Å². The second kappa shape index (κ2) is 4.58. The second-order valence-corrected chi connectivity index (χ2v) is 1.93. The molecule has 0 atom stereocenters. The van der Waals surface area contributed by atoms with Crippen molar-refractivity contribution >= 4 is 11.0 Å². The highest BCUT2D eigenvalue weighted by atomic mass is 32.2. The summed E-state index contributed by atoms with van der Waals surface area (Å²) in [6.07, 6.45) is 2.04. The van der Waals surface area contributed by atoms with E-state index in [0.29, 0.717) is 0 Å².